The summed E-state index contributed by atoms with van der Waals surface area (Å²) < 4.78 is 0. The van der Waals surface area contributed by atoms with Crippen LogP contribution in [0.2, 0.25) is 0 Å². The average molecular weight is 210 g/mol. The molecule has 0 aliphatic heterocycles. The third-order valence-electron chi connectivity index (χ3n) is 2.53. The summed E-state index contributed by atoms with van der Waals surface area (Å²) in [6.45, 7) is 1.02. The molecule has 0 saturated carbocycles. The fourth-order valence-corrected chi connectivity index (χ4v) is 1.67. The molecule has 0 spiro atoms. The number of anilines is 1. The molecule has 2 aromatic rings. The number of hydrogen-bond donors (Lipinski definition) is 1. The van der Waals surface area contributed by atoms with E-state index in [1.54, 1.807) is 0 Å². The van der Waals surface area contributed by atoms with E-state index in [0.717, 1.165) is 19.4 Å². The monoisotopic (exact) mass is 210 g/mol. The highest BCUT2D eigenvalue weighted by Crippen LogP contribution is 2.06. The zero-order valence-electron chi connectivity index (χ0n) is 9.32. The summed E-state index contributed by atoms with van der Waals surface area (Å²) in [7, 11) is 0. The van der Waals surface area contributed by atoms with E-state index in [4.69, 9.17) is 0 Å². The van der Waals surface area contributed by atoms with Crippen LogP contribution < -0.4 is 5.32 Å². The maximum atomic E-state index is 3.41. The van der Waals surface area contributed by atoms with E-state index >= 15 is 0 Å². The van der Waals surface area contributed by atoms with Gasteiger partial charge >= 0.3 is 0 Å². The molecule has 1 nitrogen and oxygen atoms in total. The Labute approximate surface area is 97.1 Å². The maximum absolute atomic E-state index is 3.41. The molecule has 0 amide bonds. The third kappa shape index (κ3) is 3.43. The van der Waals surface area contributed by atoms with Gasteiger partial charge in [-0.25, -0.2) is 0 Å². The van der Waals surface area contributed by atoms with E-state index in [2.05, 4.69) is 47.8 Å². The molecule has 81 valence electrons. The van der Waals surface area contributed by atoms with E-state index in [0.29, 0.717) is 0 Å². The second-order valence-corrected chi connectivity index (χ2v) is 3.80. The molecule has 1 N–H and O–H groups in total. The van der Waals surface area contributed by atoms with Crippen molar-refractivity contribution < 1.29 is 0 Å². The van der Waals surface area contributed by atoms with Crippen molar-refractivity contribution in [3.05, 3.63) is 66.2 Å². The zero-order valence-corrected chi connectivity index (χ0v) is 9.32. The number of rotatable bonds is 5. The Bertz CT molecular complexity index is 353. The second kappa shape index (κ2) is 5.96. The van der Waals surface area contributed by atoms with E-state index in [9.17, 15) is 0 Å². The number of benzene rings is 2. The van der Waals surface area contributed by atoms with Crippen molar-refractivity contribution in [2.75, 3.05) is 11.9 Å². The highest BCUT2D eigenvalue weighted by molar-refractivity contribution is 5.42. The van der Waals surface area contributed by atoms with Crippen molar-refractivity contribution in [1.82, 2.24) is 0 Å². The van der Waals surface area contributed by atoms with Gasteiger partial charge in [0.05, 0.1) is 0 Å². The average Bonchev–Trinajstić information content (AvgIpc) is 2.37. The van der Waals surface area contributed by atoms with Crippen LogP contribution in [0.5, 0.6) is 0 Å². The smallest absolute Gasteiger partial charge is 0.0340 e. The Balaban J connectivity index is 1.70. The van der Waals surface area contributed by atoms with Gasteiger partial charge < -0.3 is 5.32 Å². The molecule has 2 aromatic carbocycles. The topological polar surface area (TPSA) is 12.0 Å². The van der Waals surface area contributed by atoms with Crippen LogP contribution in [0.1, 0.15) is 12.0 Å². The van der Waals surface area contributed by atoms with Crippen molar-refractivity contribution in [2.45, 2.75) is 12.8 Å². The molecule has 16 heavy (non-hydrogen) atoms. The molecule has 0 atom stereocenters. The first kappa shape index (κ1) is 10.7. The van der Waals surface area contributed by atoms with Crippen molar-refractivity contribution >= 4 is 5.69 Å². The van der Waals surface area contributed by atoms with Crippen LogP contribution >= 0.6 is 0 Å². The minimum absolute atomic E-state index is 1.02. The lowest BCUT2D eigenvalue weighted by Gasteiger charge is -2.05. The molecule has 0 fully saturated rings. The van der Waals surface area contributed by atoms with E-state index < -0.39 is 0 Å². The van der Waals surface area contributed by atoms with Gasteiger partial charge in [0.1, 0.15) is 0 Å². The quantitative estimate of drug-likeness (QED) is 0.744. The van der Waals surface area contributed by atoms with Crippen LogP contribution in [0.3, 0.4) is 0 Å². The van der Waals surface area contributed by atoms with Crippen LogP contribution in [-0.4, -0.2) is 6.54 Å². The van der Waals surface area contributed by atoms with Gasteiger partial charge in [-0.2, -0.15) is 0 Å². The zero-order chi connectivity index (χ0) is 11.1. The van der Waals surface area contributed by atoms with Crippen LogP contribution in [0.4, 0.5) is 5.69 Å². The van der Waals surface area contributed by atoms with Crippen molar-refractivity contribution in [3.8, 4) is 0 Å². The first-order valence-corrected chi connectivity index (χ1v) is 5.69. The van der Waals surface area contributed by atoms with Crippen molar-refractivity contribution in [2.24, 2.45) is 0 Å². The number of aryl methyl sites for hydroxylation is 1. The Morgan fingerprint density at radius 1 is 0.938 bits per heavy atom. The summed E-state index contributed by atoms with van der Waals surface area (Å²) in [5.74, 6) is 0. The van der Waals surface area contributed by atoms with Crippen LogP contribution in [-0.2, 0) is 6.42 Å². The largest absolute Gasteiger partial charge is 0.385 e. The Kier molecular flexibility index (Phi) is 4.00. The molecule has 0 aliphatic rings. The lowest BCUT2D eigenvalue weighted by atomic mass is 10.1. The molecule has 1 heteroatoms. The van der Waals surface area contributed by atoms with Gasteiger partial charge in [-0.1, -0.05) is 42.5 Å². The highest BCUT2D eigenvalue weighted by atomic mass is 14.9. The maximum Gasteiger partial charge on any atom is 0.0340 e. The van der Waals surface area contributed by atoms with Crippen molar-refractivity contribution in [3.63, 3.8) is 0 Å². The molecule has 0 saturated heterocycles. The summed E-state index contributed by atoms with van der Waals surface area (Å²) >= 11 is 0. The summed E-state index contributed by atoms with van der Waals surface area (Å²) in [5, 5.41) is 3.41. The van der Waals surface area contributed by atoms with Gasteiger partial charge in [0.2, 0.25) is 0 Å². The molecular weight excluding hydrogens is 194 g/mol. The second-order valence-electron chi connectivity index (χ2n) is 3.80. The van der Waals surface area contributed by atoms with Gasteiger partial charge in [0.15, 0.2) is 0 Å². The van der Waals surface area contributed by atoms with Crippen molar-refractivity contribution in [1.29, 1.82) is 0 Å². The van der Waals surface area contributed by atoms with Crippen LogP contribution in [0, 0.1) is 6.07 Å². The molecule has 0 aromatic heterocycles. The summed E-state index contributed by atoms with van der Waals surface area (Å²) in [4.78, 5) is 0. The standard InChI is InChI=1S/C15H16N/c1-3-8-14(9-4-1)10-7-13-16-15-11-5-2-6-12-15/h2-6,8-9,11-12,16H,7,10,13H2. The summed E-state index contributed by atoms with van der Waals surface area (Å²) in [6.07, 6.45) is 2.27. The van der Waals surface area contributed by atoms with Gasteiger partial charge in [-0.3, -0.25) is 0 Å². The molecule has 0 aliphatic carbocycles. The Morgan fingerprint density at radius 2 is 1.69 bits per heavy atom. The molecule has 0 unspecified atom stereocenters. The fourth-order valence-electron chi connectivity index (χ4n) is 1.67. The molecule has 1 radical (unpaired) electrons. The van der Waals surface area contributed by atoms with Gasteiger partial charge in [-0.05, 0) is 36.6 Å². The van der Waals surface area contributed by atoms with Crippen LogP contribution in [0.25, 0.3) is 0 Å². The van der Waals surface area contributed by atoms with Gasteiger partial charge in [0.25, 0.3) is 0 Å². The Hall–Kier alpha value is -1.76. The molecular formula is C15H16N. The van der Waals surface area contributed by atoms with Gasteiger partial charge in [-0.15, -0.1) is 0 Å². The van der Waals surface area contributed by atoms with E-state index in [-0.39, 0.29) is 0 Å². The molecule has 0 bridgehead atoms. The third-order valence-corrected chi connectivity index (χ3v) is 2.53. The predicted molar refractivity (Wildman–Crippen MR) is 68.5 cm³/mol. The number of para-hydroxylation sites is 1. The van der Waals surface area contributed by atoms with Crippen LogP contribution in [0.15, 0.2) is 54.6 Å². The predicted octanol–water partition coefficient (Wildman–Crippen LogP) is 3.53. The summed E-state index contributed by atoms with van der Waals surface area (Å²) in [5.41, 5.74) is 2.58. The number of hydrogen-bond acceptors (Lipinski definition) is 1. The highest BCUT2D eigenvalue weighted by Gasteiger charge is 1.92. The minimum atomic E-state index is 1.02. The van der Waals surface area contributed by atoms with E-state index in [1.165, 1.54) is 11.3 Å². The lowest BCUT2D eigenvalue weighted by molar-refractivity contribution is 0.863. The number of nitrogens with one attached hydrogen (secondary N) is 1. The SMILES string of the molecule is [c]1ccc(CCCNc2ccccc2)cc1. The lowest BCUT2D eigenvalue weighted by Crippen LogP contribution is -2.02. The van der Waals surface area contributed by atoms with E-state index in [1.807, 2.05) is 18.2 Å². The first-order chi connectivity index (χ1) is 7.95. The van der Waals surface area contributed by atoms with Gasteiger partial charge in [0, 0.05) is 12.2 Å². The first-order valence-electron chi connectivity index (χ1n) is 5.69. The molecule has 2 rings (SSSR count). The normalized spacial score (nSPS) is 10.0. The minimum Gasteiger partial charge on any atom is -0.385 e. The molecule has 0 heterocycles. The Morgan fingerprint density at radius 3 is 2.44 bits per heavy atom. The summed E-state index contributed by atoms with van der Waals surface area (Å²) in [6, 6.07) is 21.6. The fraction of sp³-hybridized carbons (Fsp3) is 0.200.